The van der Waals surface area contributed by atoms with Gasteiger partial charge >= 0.3 is 0 Å². The summed E-state index contributed by atoms with van der Waals surface area (Å²) >= 11 is 6.40. The molecule has 0 aliphatic rings. The lowest BCUT2D eigenvalue weighted by atomic mass is 10.1. The van der Waals surface area contributed by atoms with Crippen LogP contribution >= 0.6 is 11.6 Å². The summed E-state index contributed by atoms with van der Waals surface area (Å²) in [6.07, 6.45) is 7.62. The van der Waals surface area contributed by atoms with Crippen LogP contribution in [0.15, 0.2) is 0 Å². The van der Waals surface area contributed by atoms with Crippen molar-refractivity contribution in [2.45, 2.75) is 84.0 Å². The molecule has 0 rings (SSSR count). The van der Waals surface area contributed by atoms with E-state index >= 15 is 0 Å². The van der Waals surface area contributed by atoms with E-state index < -0.39 is 5.97 Å². The van der Waals surface area contributed by atoms with Crippen LogP contribution in [0.3, 0.4) is 0 Å². The number of ether oxygens (including phenoxy) is 3. The van der Waals surface area contributed by atoms with Crippen LogP contribution < -0.4 is 0 Å². The van der Waals surface area contributed by atoms with E-state index in [-0.39, 0.29) is 5.38 Å². The second-order valence-electron chi connectivity index (χ2n) is 4.97. The van der Waals surface area contributed by atoms with Gasteiger partial charge in [0.15, 0.2) is 0 Å². The SMILES string of the molecule is CCCCCCC(Cl)CCC(OCC)(OCC)OCC. The molecule has 0 fully saturated rings. The zero-order valence-electron chi connectivity index (χ0n) is 13.8. The first-order valence-corrected chi connectivity index (χ1v) is 8.63. The molecule has 1 atom stereocenters. The highest BCUT2D eigenvalue weighted by atomic mass is 35.5. The normalized spacial score (nSPS) is 13.7. The fraction of sp³-hybridized carbons (Fsp3) is 1.00. The van der Waals surface area contributed by atoms with Crippen molar-refractivity contribution in [3.8, 4) is 0 Å². The van der Waals surface area contributed by atoms with Crippen LogP contribution in [0.1, 0.15) is 72.6 Å². The molecule has 122 valence electrons. The van der Waals surface area contributed by atoms with Gasteiger partial charge in [-0.1, -0.05) is 32.6 Å². The molecule has 0 aromatic rings. The Labute approximate surface area is 130 Å². The Kier molecular flexibility index (Phi) is 13.0. The second-order valence-corrected chi connectivity index (χ2v) is 5.58. The van der Waals surface area contributed by atoms with E-state index in [9.17, 15) is 0 Å². The molecule has 20 heavy (non-hydrogen) atoms. The highest BCUT2D eigenvalue weighted by molar-refractivity contribution is 6.20. The van der Waals surface area contributed by atoms with Gasteiger partial charge in [-0.25, -0.2) is 0 Å². The van der Waals surface area contributed by atoms with E-state index in [1.54, 1.807) is 0 Å². The maximum Gasteiger partial charge on any atom is 0.282 e. The van der Waals surface area contributed by atoms with Crippen molar-refractivity contribution in [1.82, 2.24) is 0 Å². The van der Waals surface area contributed by atoms with E-state index in [2.05, 4.69) is 6.92 Å². The third kappa shape index (κ3) is 9.17. The van der Waals surface area contributed by atoms with Crippen LogP contribution in [0.25, 0.3) is 0 Å². The molecular weight excluding hydrogens is 276 g/mol. The molecule has 0 saturated heterocycles. The Morgan fingerprint density at radius 2 is 1.35 bits per heavy atom. The van der Waals surface area contributed by atoms with Crippen molar-refractivity contribution in [2.75, 3.05) is 19.8 Å². The summed E-state index contributed by atoms with van der Waals surface area (Å²) in [5.74, 6) is -0.908. The summed E-state index contributed by atoms with van der Waals surface area (Å²) in [6, 6.07) is 0. The summed E-state index contributed by atoms with van der Waals surface area (Å²) < 4.78 is 17.1. The van der Waals surface area contributed by atoms with Gasteiger partial charge in [0.05, 0.1) is 0 Å². The number of rotatable bonds is 14. The summed E-state index contributed by atoms with van der Waals surface area (Å²) in [4.78, 5) is 0. The van der Waals surface area contributed by atoms with Gasteiger partial charge in [-0.2, -0.15) is 0 Å². The topological polar surface area (TPSA) is 27.7 Å². The average molecular weight is 309 g/mol. The monoisotopic (exact) mass is 308 g/mol. The number of unbranched alkanes of at least 4 members (excludes halogenated alkanes) is 3. The van der Waals surface area contributed by atoms with Crippen molar-refractivity contribution in [2.24, 2.45) is 0 Å². The van der Waals surface area contributed by atoms with E-state index in [0.29, 0.717) is 26.2 Å². The van der Waals surface area contributed by atoms with Crippen LogP contribution in [0.4, 0.5) is 0 Å². The molecule has 0 aliphatic carbocycles. The van der Waals surface area contributed by atoms with Crippen LogP contribution in [-0.4, -0.2) is 31.2 Å². The van der Waals surface area contributed by atoms with Crippen molar-refractivity contribution in [3.05, 3.63) is 0 Å². The third-order valence-corrected chi connectivity index (χ3v) is 3.66. The molecular formula is C16H33ClO3. The Hall–Kier alpha value is 0.170. The summed E-state index contributed by atoms with van der Waals surface area (Å²) in [5.41, 5.74) is 0. The molecule has 0 amide bonds. The molecule has 0 aromatic heterocycles. The molecule has 0 radical (unpaired) electrons. The quantitative estimate of drug-likeness (QED) is 0.253. The van der Waals surface area contributed by atoms with Crippen molar-refractivity contribution in [1.29, 1.82) is 0 Å². The standard InChI is InChI=1S/C16H33ClO3/c1-5-9-10-11-12-15(17)13-14-16(18-6-2,19-7-3)20-8-4/h15H,5-14H2,1-4H3. The summed E-state index contributed by atoms with van der Waals surface area (Å²) in [7, 11) is 0. The highest BCUT2D eigenvalue weighted by Crippen LogP contribution is 2.26. The Balaban J connectivity index is 4.14. The molecule has 0 aliphatic heterocycles. The lowest BCUT2D eigenvalue weighted by molar-refractivity contribution is -0.380. The van der Waals surface area contributed by atoms with Gasteiger partial charge in [0, 0.05) is 31.6 Å². The molecule has 0 spiro atoms. The molecule has 0 saturated carbocycles. The third-order valence-electron chi connectivity index (χ3n) is 3.23. The molecule has 0 heterocycles. The second kappa shape index (κ2) is 12.9. The van der Waals surface area contributed by atoms with Gasteiger partial charge in [0.2, 0.25) is 0 Å². The average Bonchev–Trinajstić information content (AvgIpc) is 2.42. The van der Waals surface area contributed by atoms with Crippen molar-refractivity contribution >= 4 is 11.6 Å². The lowest BCUT2D eigenvalue weighted by Gasteiger charge is -2.33. The fourth-order valence-corrected chi connectivity index (χ4v) is 2.53. The van der Waals surface area contributed by atoms with Crippen molar-refractivity contribution < 1.29 is 14.2 Å². The zero-order chi connectivity index (χ0) is 15.3. The lowest BCUT2D eigenvalue weighted by Crippen LogP contribution is -2.40. The largest absolute Gasteiger partial charge is 0.328 e. The summed E-state index contributed by atoms with van der Waals surface area (Å²) in [5, 5.41) is 0.174. The minimum absolute atomic E-state index is 0.174. The number of halogens is 1. The molecule has 3 nitrogen and oxygen atoms in total. The van der Waals surface area contributed by atoms with Crippen LogP contribution in [0.5, 0.6) is 0 Å². The van der Waals surface area contributed by atoms with Crippen LogP contribution in [0, 0.1) is 0 Å². The van der Waals surface area contributed by atoms with E-state index in [1.165, 1.54) is 25.7 Å². The van der Waals surface area contributed by atoms with Gasteiger partial charge in [-0.05, 0) is 33.6 Å². The molecule has 0 aromatic carbocycles. The first-order valence-electron chi connectivity index (χ1n) is 8.20. The maximum absolute atomic E-state index is 6.40. The Morgan fingerprint density at radius 1 is 0.800 bits per heavy atom. The van der Waals surface area contributed by atoms with Gasteiger partial charge < -0.3 is 14.2 Å². The van der Waals surface area contributed by atoms with E-state index in [0.717, 1.165) is 12.8 Å². The first-order chi connectivity index (χ1) is 9.64. The van der Waals surface area contributed by atoms with E-state index in [1.807, 2.05) is 20.8 Å². The molecule has 1 unspecified atom stereocenters. The fourth-order valence-electron chi connectivity index (χ4n) is 2.27. The number of hydrogen-bond acceptors (Lipinski definition) is 3. The first kappa shape index (κ1) is 20.2. The predicted molar refractivity (Wildman–Crippen MR) is 85.2 cm³/mol. The van der Waals surface area contributed by atoms with Gasteiger partial charge in [-0.15, -0.1) is 11.6 Å². The van der Waals surface area contributed by atoms with Gasteiger partial charge in [0.25, 0.3) is 5.97 Å². The number of alkyl halides is 1. The predicted octanol–water partition coefficient (Wildman–Crippen LogP) is 5.11. The molecule has 4 heteroatoms. The molecule has 0 bridgehead atoms. The Bertz CT molecular complexity index is 195. The Morgan fingerprint density at radius 3 is 1.80 bits per heavy atom. The van der Waals surface area contributed by atoms with Crippen LogP contribution in [-0.2, 0) is 14.2 Å². The number of hydrogen-bond donors (Lipinski definition) is 0. The zero-order valence-corrected chi connectivity index (χ0v) is 14.5. The van der Waals surface area contributed by atoms with E-state index in [4.69, 9.17) is 25.8 Å². The highest BCUT2D eigenvalue weighted by Gasteiger charge is 2.32. The van der Waals surface area contributed by atoms with Crippen LogP contribution in [0.2, 0.25) is 0 Å². The van der Waals surface area contributed by atoms with Gasteiger partial charge in [-0.3, -0.25) is 0 Å². The molecule has 0 N–H and O–H groups in total. The minimum Gasteiger partial charge on any atom is -0.328 e. The van der Waals surface area contributed by atoms with Gasteiger partial charge in [0.1, 0.15) is 0 Å². The summed E-state index contributed by atoms with van der Waals surface area (Å²) in [6.45, 7) is 9.80. The maximum atomic E-state index is 6.40. The minimum atomic E-state index is -0.908. The van der Waals surface area contributed by atoms with Crippen molar-refractivity contribution in [3.63, 3.8) is 0 Å². The smallest absolute Gasteiger partial charge is 0.282 e.